The van der Waals surface area contributed by atoms with Crippen molar-refractivity contribution < 1.29 is 9.53 Å². The zero-order valence-electron chi connectivity index (χ0n) is 10.9. The van der Waals surface area contributed by atoms with Crippen molar-refractivity contribution in [2.75, 3.05) is 6.61 Å². The summed E-state index contributed by atoms with van der Waals surface area (Å²) >= 11 is 0. The highest BCUT2D eigenvalue weighted by molar-refractivity contribution is 6.21. The van der Waals surface area contributed by atoms with E-state index in [4.69, 9.17) is 4.74 Å². The van der Waals surface area contributed by atoms with Gasteiger partial charge in [0.1, 0.15) is 0 Å². The third-order valence-electron chi connectivity index (χ3n) is 2.69. The normalized spacial score (nSPS) is 11.1. The Kier molecular flexibility index (Phi) is 4.51. The Morgan fingerprint density at radius 2 is 1.58 bits per heavy atom. The Bertz CT molecular complexity index is 556. The third kappa shape index (κ3) is 3.55. The fourth-order valence-corrected chi connectivity index (χ4v) is 1.80. The van der Waals surface area contributed by atoms with E-state index < -0.39 is 0 Å². The van der Waals surface area contributed by atoms with Crippen LogP contribution < -0.4 is 0 Å². The van der Waals surface area contributed by atoms with E-state index in [2.05, 4.69) is 0 Å². The molecule has 0 bridgehead atoms. The zero-order chi connectivity index (χ0) is 13.5. The van der Waals surface area contributed by atoms with Gasteiger partial charge in [0.2, 0.25) is 0 Å². The van der Waals surface area contributed by atoms with Crippen LogP contribution in [0, 0.1) is 0 Å². The van der Waals surface area contributed by atoms with Gasteiger partial charge in [-0.3, -0.25) is 0 Å². The second kappa shape index (κ2) is 6.55. The van der Waals surface area contributed by atoms with Crippen molar-refractivity contribution in [2.24, 2.45) is 0 Å². The Hall–Kier alpha value is -2.35. The molecule has 0 N–H and O–H groups in total. The van der Waals surface area contributed by atoms with Gasteiger partial charge in [-0.05, 0) is 24.1 Å². The molecule has 0 spiro atoms. The Balaban J connectivity index is 2.41. The molecule has 0 unspecified atom stereocenters. The van der Waals surface area contributed by atoms with Gasteiger partial charge in [-0.25, -0.2) is 4.79 Å². The summed E-state index contributed by atoms with van der Waals surface area (Å²) in [5, 5.41) is 0. The third-order valence-corrected chi connectivity index (χ3v) is 2.69. The second-order valence-electron chi connectivity index (χ2n) is 4.06. The minimum atomic E-state index is -0.294. The topological polar surface area (TPSA) is 26.3 Å². The van der Waals surface area contributed by atoms with Gasteiger partial charge in [0, 0.05) is 0 Å². The summed E-state index contributed by atoms with van der Waals surface area (Å²) < 4.78 is 5.12. The first kappa shape index (κ1) is 13.1. The van der Waals surface area contributed by atoms with Crippen molar-refractivity contribution in [1.29, 1.82) is 0 Å². The van der Waals surface area contributed by atoms with E-state index in [0.29, 0.717) is 12.2 Å². The number of carbonyl (C=O) groups is 1. The van der Waals surface area contributed by atoms with Crippen LogP contribution in [0.4, 0.5) is 0 Å². The van der Waals surface area contributed by atoms with E-state index in [1.165, 1.54) is 0 Å². The van der Waals surface area contributed by atoms with Crippen LogP contribution in [0.15, 0.2) is 60.7 Å². The van der Waals surface area contributed by atoms with Crippen molar-refractivity contribution in [1.82, 2.24) is 0 Å². The van der Waals surface area contributed by atoms with Gasteiger partial charge in [0.25, 0.3) is 0 Å². The smallest absolute Gasteiger partial charge is 0.338 e. The fraction of sp³-hybridized carbons (Fsp3) is 0.118. The number of benzene rings is 2. The van der Waals surface area contributed by atoms with E-state index in [-0.39, 0.29) is 5.97 Å². The van der Waals surface area contributed by atoms with Crippen molar-refractivity contribution in [3.63, 3.8) is 0 Å². The van der Waals surface area contributed by atoms with Gasteiger partial charge in [-0.1, -0.05) is 60.7 Å². The Morgan fingerprint density at radius 1 is 1.00 bits per heavy atom. The van der Waals surface area contributed by atoms with Crippen LogP contribution in [-0.4, -0.2) is 12.6 Å². The SMILES string of the molecule is CCOC(=O)C(=Cc1ccccc1)c1ccccc1. The molecule has 0 aliphatic heterocycles. The van der Waals surface area contributed by atoms with Crippen LogP contribution in [0.25, 0.3) is 11.6 Å². The summed E-state index contributed by atoms with van der Waals surface area (Å²) in [6.45, 7) is 2.18. The van der Waals surface area contributed by atoms with Crippen molar-refractivity contribution in [3.05, 3.63) is 71.8 Å². The molecule has 0 amide bonds. The maximum absolute atomic E-state index is 12.1. The van der Waals surface area contributed by atoms with Crippen LogP contribution in [0.5, 0.6) is 0 Å². The number of carbonyl (C=O) groups excluding carboxylic acids is 1. The van der Waals surface area contributed by atoms with Crippen LogP contribution in [0.3, 0.4) is 0 Å². The average Bonchev–Trinajstić information content (AvgIpc) is 2.47. The summed E-state index contributed by atoms with van der Waals surface area (Å²) in [5.74, 6) is -0.294. The predicted octanol–water partition coefficient (Wildman–Crippen LogP) is 3.79. The van der Waals surface area contributed by atoms with Crippen LogP contribution in [0.1, 0.15) is 18.1 Å². The number of esters is 1. The van der Waals surface area contributed by atoms with Crippen molar-refractivity contribution in [3.8, 4) is 0 Å². The van der Waals surface area contributed by atoms with Crippen LogP contribution >= 0.6 is 0 Å². The number of ether oxygens (including phenoxy) is 1. The molecule has 0 saturated carbocycles. The first-order valence-corrected chi connectivity index (χ1v) is 6.30. The van der Waals surface area contributed by atoms with Crippen molar-refractivity contribution in [2.45, 2.75) is 6.92 Å². The minimum Gasteiger partial charge on any atom is -0.462 e. The lowest BCUT2D eigenvalue weighted by atomic mass is 10.0. The molecule has 0 radical (unpaired) electrons. The van der Waals surface area contributed by atoms with E-state index in [9.17, 15) is 4.79 Å². The first-order chi connectivity index (χ1) is 9.31. The molecule has 2 aromatic carbocycles. The molecule has 96 valence electrons. The lowest BCUT2D eigenvalue weighted by Gasteiger charge is -2.07. The lowest BCUT2D eigenvalue weighted by molar-refractivity contribution is -0.136. The maximum atomic E-state index is 12.1. The molecule has 2 rings (SSSR count). The largest absolute Gasteiger partial charge is 0.462 e. The second-order valence-corrected chi connectivity index (χ2v) is 4.06. The van der Waals surface area contributed by atoms with Gasteiger partial charge in [-0.2, -0.15) is 0 Å². The molecule has 0 fully saturated rings. The van der Waals surface area contributed by atoms with Crippen LogP contribution in [0.2, 0.25) is 0 Å². The Labute approximate surface area is 113 Å². The molecular weight excluding hydrogens is 236 g/mol. The predicted molar refractivity (Wildman–Crippen MR) is 77.4 cm³/mol. The lowest BCUT2D eigenvalue weighted by Crippen LogP contribution is -2.06. The molecule has 0 heterocycles. The number of rotatable bonds is 4. The standard InChI is InChI=1S/C17H16O2/c1-2-19-17(18)16(15-11-7-4-8-12-15)13-14-9-5-3-6-10-14/h3-13H,2H2,1H3. The highest BCUT2D eigenvalue weighted by atomic mass is 16.5. The van der Waals surface area contributed by atoms with E-state index in [1.54, 1.807) is 0 Å². The summed E-state index contributed by atoms with van der Waals surface area (Å²) in [6.07, 6.45) is 1.85. The van der Waals surface area contributed by atoms with E-state index in [0.717, 1.165) is 11.1 Å². The zero-order valence-corrected chi connectivity index (χ0v) is 10.9. The quantitative estimate of drug-likeness (QED) is 0.470. The highest BCUT2D eigenvalue weighted by Crippen LogP contribution is 2.19. The van der Waals surface area contributed by atoms with E-state index in [1.807, 2.05) is 73.7 Å². The van der Waals surface area contributed by atoms with E-state index >= 15 is 0 Å². The van der Waals surface area contributed by atoms with Gasteiger partial charge in [-0.15, -0.1) is 0 Å². The average molecular weight is 252 g/mol. The molecule has 2 nitrogen and oxygen atoms in total. The fourth-order valence-electron chi connectivity index (χ4n) is 1.80. The molecule has 0 aliphatic rings. The number of hydrogen-bond donors (Lipinski definition) is 0. The summed E-state index contributed by atoms with van der Waals surface area (Å²) in [5.41, 5.74) is 2.42. The molecule has 2 aromatic rings. The summed E-state index contributed by atoms with van der Waals surface area (Å²) in [6, 6.07) is 19.3. The molecular formula is C17H16O2. The Morgan fingerprint density at radius 3 is 2.16 bits per heavy atom. The molecule has 0 saturated heterocycles. The maximum Gasteiger partial charge on any atom is 0.338 e. The molecule has 0 aliphatic carbocycles. The molecule has 19 heavy (non-hydrogen) atoms. The molecule has 0 atom stereocenters. The highest BCUT2D eigenvalue weighted by Gasteiger charge is 2.12. The molecule has 0 aromatic heterocycles. The van der Waals surface area contributed by atoms with Gasteiger partial charge < -0.3 is 4.74 Å². The van der Waals surface area contributed by atoms with Gasteiger partial charge in [0.15, 0.2) is 0 Å². The summed E-state index contributed by atoms with van der Waals surface area (Å²) in [4.78, 5) is 12.1. The van der Waals surface area contributed by atoms with Gasteiger partial charge in [0.05, 0.1) is 12.2 Å². The first-order valence-electron chi connectivity index (χ1n) is 6.30. The number of hydrogen-bond acceptors (Lipinski definition) is 2. The minimum absolute atomic E-state index is 0.294. The van der Waals surface area contributed by atoms with Crippen molar-refractivity contribution >= 4 is 17.6 Å². The van der Waals surface area contributed by atoms with Crippen LogP contribution in [-0.2, 0) is 9.53 Å². The van der Waals surface area contributed by atoms with Gasteiger partial charge >= 0.3 is 5.97 Å². The summed E-state index contributed by atoms with van der Waals surface area (Å²) in [7, 11) is 0. The molecule has 2 heteroatoms. The monoisotopic (exact) mass is 252 g/mol.